The van der Waals surface area contributed by atoms with E-state index in [-0.39, 0.29) is 5.75 Å². The first-order chi connectivity index (χ1) is 10.1. The maximum absolute atomic E-state index is 11.3. The topological polar surface area (TPSA) is 75.2 Å². The molecule has 0 bridgehead atoms. The zero-order valence-corrected chi connectivity index (χ0v) is 11.3. The third-order valence-electron chi connectivity index (χ3n) is 3.08. The maximum atomic E-state index is 11.3. The van der Waals surface area contributed by atoms with Gasteiger partial charge in [-0.15, -0.1) is 5.11 Å². The highest BCUT2D eigenvalue weighted by molar-refractivity contribution is 5.85. The summed E-state index contributed by atoms with van der Waals surface area (Å²) >= 11 is 0. The largest absolute Gasteiger partial charge is 0.505 e. The van der Waals surface area contributed by atoms with Crippen LogP contribution in [0.25, 0.3) is 11.0 Å². The number of hydrogen-bond donors (Lipinski definition) is 1. The van der Waals surface area contributed by atoms with E-state index in [1.807, 2.05) is 30.3 Å². The summed E-state index contributed by atoms with van der Waals surface area (Å²) in [6.45, 7) is 1.80. The van der Waals surface area contributed by atoms with Gasteiger partial charge in [0, 0.05) is 17.5 Å². The molecule has 5 nitrogen and oxygen atoms in total. The first-order valence-corrected chi connectivity index (χ1v) is 6.38. The third-order valence-corrected chi connectivity index (χ3v) is 3.08. The van der Waals surface area contributed by atoms with E-state index in [0.717, 1.165) is 10.9 Å². The molecule has 0 saturated carbocycles. The summed E-state index contributed by atoms with van der Waals surface area (Å²) in [6.07, 6.45) is 0. The number of phenols is 1. The highest BCUT2D eigenvalue weighted by atomic mass is 16.4. The molecule has 0 amide bonds. The van der Waals surface area contributed by atoms with Crippen molar-refractivity contribution in [3.05, 3.63) is 64.5 Å². The van der Waals surface area contributed by atoms with Gasteiger partial charge in [-0.1, -0.05) is 18.2 Å². The van der Waals surface area contributed by atoms with Gasteiger partial charge < -0.3 is 9.52 Å². The molecule has 0 spiro atoms. The van der Waals surface area contributed by atoms with Crippen LogP contribution in [-0.2, 0) is 0 Å². The average molecular weight is 280 g/mol. The quantitative estimate of drug-likeness (QED) is 0.564. The Morgan fingerprint density at radius 3 is 2.57 bits per heavy atom. The molecule has 1 N–H and O–H groups in total. The maximum Gasteiger partial charge on any atom is 0.336 e. The minimum absolute atomic E-state index is 0.0871. The second kappa shape index (κ2) is 5.20. The first-order valence-electron chi connectivity index (χ1n) is 6.38. The van der Waals surface area contributed by atoms with Crippen molar-refractivity contribution in [1.29, 1.82) is 0 Å². The molecule has 0 aliphatic heterocycles. The Balaban J connectivity index is 2.09. The SMILES string of the molecule is Cc1cc(=O)oc2cc(O)c(N=Nc3ccccc3)cc12. The zero-order chi connectivity index (χ0) is 14.8. The molecule has 5 heteroatoms. The monoisotopic (exact) mass is 280 g/mol. The van der Waals surface area contributed by atoms with Gasteiger partial charge in [0.05, 0.1) is 5.69 Å². The third kappa shape index (κ3) is 2.67. The van der Waals surface area contributed by atoms with Crippen LogP contribution >= 0.6 is 0 Å². The van der Waals surface area contributed by atoms with E-state index in [9.17, 15) is 9.90 Å². The fourth-order valence-corrected chi connectivity index (χ4v) is 2.03. The Morgan fingerprint density at radius 2 is 1.81 bits per heavy atom. The van der Waals surface area contributed by atoms with Gasteiger partial charge in [0.25, 0.3) is 0 Å². The van der Waals surface area contributed by atoms with E-state index in [4.69, 9.17) is 4.42 Å². The predicted octanol–water partition coefficient (Wildman–Crippen LogP) is 4.22. The summed E-state index contributed by atoms with van der Waals surface area (Å²) in [4.78, 5) is 11.3. The highest BCUT2D eigenvalue weighted by Gasteiger charge is 2.08. The van der Waals surface area contributed by atoms with Crippen LogP contribution < -0.4 is 5.63 Å². The minimum Gasteiger partial charge on any atom is -0.505 e. The van der Waals surface area contributed by atoms with Crippen LogP contribution in [0, 0.1) is 6.92 Å². The number of benzene rings is 2. The Labute approximate surface area is 120 Å². The standard InChI is InChI=1S/C16H12N2O3/c1-10-7-16(20)21-15-9-14(19)13(8-12(10)15)18-17-11-5-3-2-4-6-11/h2-9,19H,1H3. The second-order valence-corrected chi connectivity index (χ2v) is 4.62. The van der Waals surface area contributed by atoms with E-state index in [2.05, 4.69) is 10.2 Å². The molecular weight excluding hydrogens is 268 g/mol. The van der Waals surface area contributed by atoms with Crippen molar-refractivity contribution >= 4 is 22.3 Å². The molecule has 0 radical (unpaired) electrons. The van der Waals surface area contributed by atoms with E-state index in [1.54, 1.807) is 13.0 Å². The second-order valence-electron chi connectivity index (χ2n) is 4.62. The Hall–Kier alpha value is -2.95. The fraction of sp³-hybridized carbons (Fsp3) is 0.0625. The minimum atomic E-state index is -0.446. The van der Waals surface area contributed by atoms with Crippen LogP contribution in [-0.4, -0.2) is 5.11 Å². The molecule has 3 rings (SSSR count). The number of phenolic OH excluding ortho intramolecular Hbond substituents is 1. The normalized spacial score (nSPS) is 11.3. The van der Waals surface area contributed by atoms with Crippen LogP contribution in [0.15, 0.2) is 68.0 Å². The number of fused-ring (bicyclic) bond motifs is 1. The Bertz CT molecular complexity index is 883. The Morgan fingerprint density at radius 1 is 1.05 bits per heavy atom. The van der Waals surface area contributed by atoms with Crippen molar-refractivity contribution in [3.8, 4) is 5.75 Å². The summed E-state index contributed by atoms with van der Waals surface area (Å²) in [5, 5.41) is 18.8. The van der Waals surface area contributed by atoms with Crippen molar-refractivity contribution in [2.45, 2.75) is 6.92 Å². The summed E-state index contributed by atoms with van der Waals surface area (Å²) < 4.78 is 5.05. The molecule has 0 fully saturated rings. The molecule has 2 aromatic carbocycles. The van der Waals surface area contributed by atoms with Crippen LogP contribution in [0.5, 0.6) is 5.75 Å². The molecule has 0 unspecified atom stereocenters. The predicted molar refractivity (Wildman–Crippen MR) is 79.5 cm³/mol. The van der Waals surface area contributed by atoms with E-state index < -0.39 is 5.63 Å². The lowest BCUT2D eigenvalue weighted by molar-refractivity contribution is 0.474. The van der Waals surface area contributed by atoms with Gasteiger partial charge in [0.15, 0.2) is 0 Å². The number of aryl methyl sites for hydroxylation is 1. The van der Waals surface area contributed by atoms with Crippen molar-refractivity contribution in [1.82, 2.24) is 0 Å². The molecule has 21 heavy (non-hydrogen) atoms. The lowest BCUT2D eigenvalue weighted by Crippen LogP contribution is -1.97. The number of hydrogen-bond acceptors (Lipinski definition) is 5. The molecule has 1 heterocycles. The molecular formula is C16H12N2O3. The van der Waals surface area contributed by atoms with Crippen LogP contribution in [0.3, 0.4) is 0 Å². The van der Waals surface area contributed by atoms with Crippen LogP contribution in [0.2, 0.25) is 0 Å². The van der Waals surface area contributed by atoms with Crippen LogP contribution in [0.4, 0.5) is 11.4 Å². The first kappa shape index (κ1) is 13.1. The summed E-state index contributed by atoms with van der Waals surface area (Å²) in [5.74, 6) is -0.0871. The van der Waals surface area contributed by atoms with Gasteiger partial charge in [-0.25, -0.2) is 4.79 Å². The van der Waals surface area contributed by atoms with Gasteiger partial charge in [-0.2, -0.15) is 5.11 Å². The van der Waals surface area contributed by atoms with Gasteiger partial charge in [0.1, 0.15) is 17.0 Å². The van der Waals surface area contributed by atoms with E-state index in [0.29, 0.717) is 17.0 Å². The van der Waals surface area contributed by atoms with Gasteiger partial charge >= 0.3 is 5.63 Å². The molecule has 0 saturated heterocycles. The van der Waals surface area contributed by atoms with Crippen LogP contribution in [0.1, 0.15) is 5.56 Å². The van der Waals surface area contributed by atoms with E-state index in [1.165, 1.54) is 12.1 Å². The summed E-state index contributed by atoms with van der Waals surface area (Å²) in [6, 6.07) is 13.6. The highest BCUT2D eigenvalue weighted by Crippen LogP contribution is 2.33. The molecule has 104 valence electrons. The smallest absolute Gasteiger partial charge is 0.336 e. The zero-order valence-electron chi connectivity index (χ0n) is 11.3. The molecule has 0 atom stereocenters. The molecule has 3 aromatic rings. The van der Waals surface area contributed by atoms with E-state index >= 15 is 0 Å². The number of aromatic hydroxyl groups is 1. The Kier molecular flexibility index (Phi) is 3.23. The number of rotatable bonds is 2. The molecule has 1 aromatic heterocycles. The van der Waals surface area contributed by atoms with Crippen molar-refractivity contribution in [3.63, 3.8) is 0 Å². The number of azo groups is 1. The average Bonchev–Trinajstić information content (AvgIpc) is 2.46. The summed E-state index contributed by atoms with van der Waals surface area (Å²) in [5.41, 5.74) is 1.66. The van der Waals surface area contributed by atoms with Crippen molar-refractivity contribution < 1.29 is 9.52 Å². The fourth-order valence-electron chi connectivity index (χ4n) is 2.03. The summed E-state index contributed by atoms with van der Waals surface area (Å²) in [7, 11) is 0. The molecule has 0 aliphatic rings. The lowest BCUT2D eigenvalue weighted by Gasteiger charge is -2.03. The lowest BCUT2D eigenvalue weighted by atomic mass is 10.1. The van der Waals surface area contributed by atoms with Gasteiger partial charge in [-0.05, 0) is 30.7 Å². The van der Waals surface area contributed by atoms with Gasteiger partial charge in [0.2, 0.25) is 0 Å². The molecule has 0 aliphatic carbocycles. The number of nitrogens with zero attached hydrogens (tertiary/aromatic N) is 2. The van der Waals surface area contributed by atoms with Crippen molar-refractivity contribution in [2.75, 3.05) is 0 Å². The van der Waals surface area contributed by atoms with Crippen molar-refractivity contribution in [2.24, 2.45) is 10.2 Å². The van der Waals surface area contributed by atoms with Gasteiger partial charge in [-0.3, -0.25) is 0 Å².